The predicted octanol–water partition coefficient (Wildman–Crippen LogP) is 4.43. The molecule has 0 N–H and O–H groups in total. The number of hydrogen-bond donors (Lipinski definition) is 0. The summed E-state index contributed by atoms with van der Waals surface area (Å²) in [5.41, 5.74) is 2.95. The van der Waals surface area contributed by atoms with E-state index >= 15 is 0 Å². The van der Waals surface area contributed by atoms with Crippen LogP contribution in [0.3, 0.4) is 0 Å². The Morgan fingerprint density at radius 2 is 1.94 bits per heavy atom. The Labute approximate surface area is 112 Å². The zero-order valence-corrected chi connectivity index (χ0v) is 12.2. The molecule has 1 aromatic rings. The minimum Gasteiger partial charge on any atom is -0.299 e. The van der Waals surface area contributed by atoms with Crippen molar-refractivity contribution in [3.05, 3.63) is 35.4 Å². The first-order valence-electron chi connectivity index (χ1n) is 7.50. The molecule has 1 aliphatic rings. The molecule has 2 rings (SSSR count). The molecule has 0 atom stereocenters. The van der Waals surface area contributed by atoms with Gasteiger partial charge >= 0.3 is 0 Å². The van der Waals surface area contributed by atoms with E-state index in [2.05, 4.69) is 49.9 Å². The number of benzene rings is 1. The third-order valence-corrected chi connectivity index (χ3v) is 4.31. The fraction of sp³-hybridized carbons (Fsp3) is 0.647. The van der Waals surface area contributed by atoms with Crippen LogP contribution in [-0.4, -0.2) is 18.0 Å². The first kappa shape index (κ1) is 13.6. The van der Waals surface area contributed by atoms with Crippen LogP contribution in [0, 0.1) is 5.92 Å². The van der Waals surface area contributed by atoms with Crippen LogP contribution in [0.1, 0.15) is 57.1 Å². The summed E-state index contributed by atoms with van der Waals surface area (Å²) >= 11 is 0. The van der Waals surface area contributed by atoms with E-state index in [1.165, 1.54) is 43.5 Å². The van der Waals surface area contributed by atoms with Crippen molar-refractivity contribution in [2.24, 2.45) is 5.92 Å². The maximum Gasteiger partial charge on any atom is 0.0233 e. The molecule has 0 bridgehead atoms. The van der Waals surface area contributed by atoms with Crippen molar-refractivity contribution in [3.8, 4) is 0 Å². The average molecular weight is 245 g/mol. The van der Waals surface area contributed by atoms with Gasteiger partial charge in [0.1, 0.15) is 0 Å². The number of rotatable bonds is 4. The molecule has 0 radical (unpaired) electrons. The van der Waals surface area contributed by atoms with E-state index in [0.29, 0.717) is 5.92 Å². The quantitative estimate of drug-likeness (QED) is 0.758. The van der Waals surface area contributed by atoms with Crippen molar-refractivity contribution in [3.63, 3.8) is 0 Å². The van der Waals surface area contributed by atoms with Crippen LogP contribution in [0.5, 0.6) is 0 Å². The van der Waals surface area contributed by atoms with Gasteiger partial charge in [0.15, 0.2) is 0 Å². The molecular weight excluding hydrogens is 218 g/mol. The second-order valence-corrected chi connectivity index (χ2v) is 6.03. The molecule has 1 fully saturated rings. The van der Waals surface area contributed by atoms with Crippen LogP contribution in [0.2, 0.25) is 0 Å². The normalized spacial score (nSPS) is 18.4. The van der Waals surface area contributed by atoms with Gasteiger partial charge in [-0.25, -0.2) is 0 Å². The highest BCUT2D eigenvalue weighted by atomic mass is 15.1. The van der Waals surface area contributed by atoms with Gasteiger partial charge in [-0.15, -0.1) is 0 Å². The van der Waals surface area contributed by atoms with Gasteiger partial charge in [-0.05, 0) is 48.9 Å². The largest absolute Gasteiger partial charge is 0.299 e. The molecular formula is C17H27N. The molecule has 1 heterocycles. The van der Waals surface area contributed by atoms with Crippen molar-refractivity contribution in [2.45, 2.75) is 52.5 Å². The maximum atomic E-state index is 2.62. The Morgan fingerprint density at radius 3 is 2.56 bits per heavy atom. The molecule has 1 heteroatoms. The zero-order valence-electron chi connectivity index (χ0n) is 12.2. The van der Waals surface area contributed by atoms with E-state index in [4.69, 9.17) is 0 Å². The lowest BCUT2D eigenvalue weighted by Crippen LogP contribution is -2.33. The van der Waals surface area contributed by atoms with Crippen LogP contribution in [0.4, 0.5) is 0 Å². The monoisotopic (exact) mass is 245 g/mol. The van der Waals surface area contributed by atoms with E-state index in [-0.39, 0.29) is 0 Å². The number of likely N-dealkylation sites (tertiary alicyclic amines) is 1. The molecule has 0 aromatic heterocycles. The second kappa shape index (κ2) is 6.38. The molecule has 1 nitrogen and oxygen atoms in total. The lowest BCUT2D eigenvalue weighted by Gasteiger charge is -2.31. The molecule has 18 heavy (non-hydrogen) atoms. The molecule has 1 aromatic carbocycles. The fourth-order valence-corrected chi connectivity index (χ4v) is 2.86. The van der Waals surface area contributed by atoms with Gasteiger partial charge in [0.05, 0.1) is 0 Å². The van der Waals surface area contributed by atoms with Crippen LogP contribution < -0.4 is 0 Å². The SMILES string of the molecule is CCC1CCN(Cc2cccc(C(C)C)c2)CC1. The van der Waals surface area contributed by atoms with Gasteiger partial charge in [0.25, 0.3) is 0 Å². The average Bonchev–Trinajstić information content (AvgIpc) is 2.40. The number of piperidine rings is 1. The first-order valence-corrected chi connectivity index (χ1v) is 7.50. The minimum absolute atomic E-state index is 0.635. The summed E-state index contributed by atoms with van der Waals surface area (Å²) in [5, 5.41) is 0. The summed E-state index contributed by atoms with van der Waals surface area (Å²) < 4.78 is 0. The van der Waals surface area contributed by atoms with E-state index in [1.54, 1.807) is 0 Å². The standard InChI is InChI=1S/C17H27N/c1-4-15-8-10-18(11-9-15)13-16-6-5-7-17(12-16)14(2)3/h5-7,12,14-15H,4,8-11,13H2,1-3H3. The first-order chi connectivity index (χ1) is 8.69. The number of nitrogens with zero attached hydrogens (tertiary/aromatic N) is 1. The summed E-state index contributed by atoms with van der Waals surface area (Å²) in [7, 11) is 0. The summed E-state index contributed by atoms with van der Waals surface area (Å²) in [6.45, 7) is 10.6. The number of hydrogen-bond acceptors (Lipinski definition) is 1. The van der Waals surface area contributed by atoms with Crippen molar-refractivity contribution in [1.29, 1.82) is 0 Å². The summed E-state index contributed by atoms with van der Waals surface area (Å²) in [4.78, 5) is 2.62. The molecule has 0 saturated carbocycles. The van der Waals surface area contributed by atoms with Crippen LogP contribution >= 0.6 is 0 Å². The van der Waals surface area contributed by atoms with Crippen LogP contribution in [-0.2, 0) is 6.54 Å². The minimum atomic E-state index is 0.635. The molecule has 0 unspecified atom stereocenters. The van der Waals surface area contributed by atoms with E-state index in [9.17, 15) is 0 Å². The molecule has 1 saturated heterocycles. The van der Waals surface area contributed by atoms with Crippen molar-refractivity contribution < 1.29 is 0 Å². The van der Waals surface area contributed by atoms with Crippen molar-refractivity contribution in [2.75, 3.05) is 13.1 Å². The third-order valence-electron chi connectivity index (χ3n) is 4.31. The molecule has 0 spiro atoms. The lowest BCUT2D eigenvalue weighted by molar-refractivity contribution is 0.175. The van der Waals surface area contributed by atoms with Gasteiger partial charge < -0.3 is 0 Å². The topological polar surface area (TPSA) is 3.24 Å². The molecule has 1 aliphatic heterocycles. The Morgan fingerprint density at radius 1 is 1.22 bits per heavy atom. The van der Waals surface area contributed by atoms with Gasteiger partial charge in [-0.3, -0.25) is 4.90 Å². The molecule has 0 aliphatic carbocycles. The Hall–Kier alpha value is -0.820. The highest BCUT2D eigenvalue weighted by Gasteiger charge is 2.17. The highest BCUT2D eigenvalue weighted by molar-refractivity contribution is 5.25. The second-order valence-electron chi connectivity index (χ2n) is 6.03. The Balaban J connectivity index is 1.92. The predicted molar refractivity (Wildman–Crippen MR) is 78.8 cm³/mol. The van der Waals surface area contributed by atoms with E-state index < -0.39 is 0 Å². The third kappa shape index (κ3) is 3.58. The van der Waals surface area contributed by atoms with Crippen molar-refractivity contribution in [1.82, 2.24) is 4.90 Å². The van der Waals surface area contributed by atoms with Gasteiger partial charge in [-0.2, -0.15) is 0 Å². The Kier molecular flexibility index (Phi) is 4.82. The summed E-state index contributed by atoms with van der Waals surface area (Å²) in [6, 6.07) is 9.12. The van der Waals surface area contributed by atoms with E-state index in [1.807, 2.05) is 0 Å². The Bertz CT molecular complexity index is 362. The molecule has 0 amide bonds. The smallest absolute Gasteiger partial charge is 0.0233 e. The van der Waals surface area contributed by atoms with Gasteiger partial charge in [0.2, 0.25) is 0 Å². The van der Waals surface area contributed by atoms with Crippen LogP contribution in [0.25, 0.3) is 0 Å². The fourth-order valence-electron chi connectivity index (χ4n) is 2.86. The van der Waals surface area contributed by atoms with Gasteiger partial charge in [0, 0.05) is 6.54 Å². The molecule has 100 valence electrons. The summed E-state index contributed by atoms with van der Waals surface area (Å²) in [5.74, 6) is 1.61. The van der Waals surface area contributed by atoms with Crippen molar-refractivity contribution >= 4 is 0 Å². The van der Waals surface area contributed by atoms with E-state index in [0.717, 1.165) is 12.5 Å². The zero-order chi connectivity index (χ0) is 13.0. The highest BCUT2D eigenvalue weighted by Crippen LogP contribution is 2.22. The maximum absolute atomic E-state index is 2.62. The van der Waals surface area contributed by atoms with Gasteiger partial charge in [-0.1, -0.05) is 51.5 Å². The summed E-state index contributed by atoms with van der Waals surface area (Å²) in [6.07, 6.45) is 4.14. The van der Waals surface area contributed by atoms with Crippen LogP contribution in [0.15, 0.2) is 24.3 Å². The lowest BCUT2D eigenvalue weighted by atomic mass is 9.94.